The van der Waals surface area contributed by atoms with E-state index in [1.54, 1.807) is 18.3 Å². The van der Waals surface area contributed by atoms with Crippen LogP contribution in [0.15, 0.2) is 24.5 Å². The fourth-order valence-electron chi connectivity index (χ4n) is 2.40. The average molecular weight is 311 g/mol. The first-order valence-electron chi connectivity index (χ1n) is 6.39. The molecule has 7 heteroatoms. The standard InChI is InChI=1S/C13H15ClN4OS/c1-17-6-7-18(8-9(17)12-15-4-5-16-12)13(19)10-2-3-11(14)20-10/h2-5,9H,6-8H2,1H3,(H,15,16)/t9-/m1/s1. The van der Waals surface area contributed by atoms with Crippen LogP contribution < -0.4 is 0 Å². The molecule has 5 nitrogen and oxygen atoms in total. The van der Waals surface area contributed by atoms with Crippen molar-refractivity contribution < 1.29 is 4.79 Å². The van der Waals surface area contributed by atoms with Crippen LogP contribution in [-0.4, -0.2) is 52.4 Å². The molecule has 0 bridgehead atoms. The van der Waals surface area contributed by atoms with E-state index < -0.39 is 0 Å². The molecule has 0 unspecified atom stereocenters. The molecule has 0 aliphatic carbocycles. The molecule has 1 amide bonds. The minimum absolute atomic E-state index is 0.0477. The zero-order chi connectivity index (χ0) is 14.1. The van der Waals surface area contributed by atoms with Crippen molar-refractivity contribution in [2.45, 2.75) is 6.04 Å². The summed E-state index contributed by atoms with van der Waals surface area (Å²) in [6, 6.07) is 3.66. The van der Waals surface area contributed by atoms with Crippen LogP contribution in [-0.2, 0) is 0 Å². The van der Waals surface area contributed by atoms with Gasteiger partial charge < -0.3 is 9.88 Å². The van der Waals surface area contributed by atoms with Gasteiger partial charge in [0.15, 0.2) is 0 Å². The molecule has 1 aliphatic heterocycles. The number of aromatic nitrogens is 2. The maximum atomic E-state index is 12.5. The molecular formula is C13H15ClN4OS. The van der Waals surface area contributed by atoms with E-state index in [1.165, 1.54) is 11.3 Å². The van der Waals surface area contributed by atoms with Crippen LogP contribution in [0.25, 0.3) is 0 Å². The fraction of sp³-hybridized carbons (Fsp3) is 0.385. The molecule has 2 aromatic heterocycles. The lowest BCUT2D eigenvalue weighted by Crippen LogP contribution is -2.49. The topological polar surface area (TPSA) is 52.2 Å². The maximum absolute atomic E-state index is 12.5. The number of hydrogen-bond donors (Lipinski definition) is 1. The van der Waals surface area contributed by atoms with Gasteiger partial charge in [0.1, 0.15) is 5.82 Å². The van der Waals surface area contributed by atoms with Gasteiger partial charge in [-0.3, -0.25) is 9.69 Å². The number of thiophene rings is 1. The predicted octanol–water partition coefficient (Wildman–Crippen LogP) is 2.25. The van der Waals surface area contributed by atoms with E-state index in [0.29, 0.717) is 15.8 Å². The van der Waals surface area contributed by atoms with E-state index in [2.05, 4.69) is 21.9 Å². The lowest BCUT2D eigenvalue weighted by Gasteiger charge is -2.38. The molecular weight excluding hydrogens is 296 g/mol. The summed E-state index contributed by atoms with van der Waals surface area (Å²) in [6.07, 6.45) is 3.55. The molecule has 1 atom stereocenters. The van der Waals surface area contributed by atoms with E-state index >= 15 is 0 Å². The van der Waals surface area contributed by atoms with Gasteiger partial charge in [-0.15, -0.1) is 11.3 Å². The second kappa shape index (κ2) is 5.55. The summed E-state index contributed by atoms with van der Waals surface area (Å²) in [7, 11) is 2.05. The molecule has 0 aromatic carbocycles. The number of piperazine rings is 1. The highest BCUT2D eigenvalue weighted by Crippen LogP contribution is 2.26. The van der Waals surface area contributed by atoms with Crippen LogP contribution in [0.4, 0.5) is 0 Å². The number of likely N-dealkylation sites (N-methyl/N-ethyl adjacent to an activating group) is 1. The Labute approximate surface area is 126 Å². The smallest absolute Gasteiger partial charge is 0.264 e. The molecule has 3 heterocycles. The zero-order valence-corrected chi connectivity index (χ0v) is 12.6. The number of rotatable bonds is 2. The Bertz CT molecular complexity index is 597. The number of nitrogens with one attached hydrogen (secondary N) is 1. The molecule has 0 radical (unpaired) electrons. The van der Waals surface area contributed by atoms with Crippen molar-refractivity contribution in [2.24, 2.45) is 0 Å². The van der Waals surface area contributed by atoms with Crippen molar-refractivity contribution in [3.63, 3.8) is 0 Å². The van der Waals surface area contributed by atoms with Crippen molar-refractivity contribution in [1.29, 1.82) is 0 Å². The number of amides is 1. The first-order valence-corrected chi connectivity index (χ1v) is 7.58. The average Bonchev–Trinajstić information content (AvgIpc) is 3.09. The van der Waals surface area contributed by atoms with Gasteiger partial charge in [0.05, 0.1) is 15.3 Å². The van der Waals surface area contributed by atoms with Crippen LogP contribution in [0.1, 0.15) is 21.5 Å². The number of nitrogens with zero attached hydrogens (tertiary/aromatic N) is 3. The minimum Gasteiger partial charge on any atom is -0.347 e. The summed E-state index contributed by atoms with van der Waals surface area (Å²) < 4.78 is 0.644. The highest BCUT2D eigenvalue weighted by molar-refractivity contribution is 7.17. The van der Waals surface area contributed by atoms with Crippen molar-refractivity contribution in [1.82, 2.24) is 19.8 Å². The molecule has 106 valence electrons. The molecule has 0 spiro atoms. The van der Waals surface area contributed by atoms with E-state index in [0.717, 1.165) is 18.9 Å². The van der Waals surface area contributed by atoms with Crippen molar-refractivity contribution >= 4 is 28.8 Å². The Morgan fingerprint density at radius 3 is 3.00 bits per heavy atom. The Kier molecular flexibility index (Phi) is 3.78. The highest BCUT2D eigenvalue weighted by atomic mass is 35.5. The highest BCUT2D eigenvalue weighted by Gasteiger charge is 2.30. The predicted molar refractivity (Wildman–Crippen MR) is 79.2 cm³/mol. The van der Waals surface area contributed by atoms with Gasteiger partial charge in [-0.2, -0.15) is 0 Å². The fourth-order valence-corrected chi connectivity index (χ4v) is 3.41. The van der Waals surface area contributed by atoms with Crippen LogP contribution in [0.3, 0.4) is 0 Å². The minimum atomic E-state index is 0.0477. The van der Waals surface area contributed by atoms with Gasteiger partial charge in [-0.25, -0.2) is 4.98 Å². The monoisotopic (exact) mass is 310 g/mol. The lowest BCUT2D eigenvalue weighted by atomic mass is 10.1. The number of halogens is 1. The summed E-state index contributed by atoms with van der Waals surface area (Å²) in [5, 5.41) is 0. The molecule has 3 rings (SSSR count). The van der Waals surface area contributed by atoms with Crippen molar-refractivity contribution in [3.05, 3.63) is 39.6 Å². The van der Waals surface area contributed by atoms with E-state index in [4.69, 9.17) is 11.6 Å². The largest absolute Gasteiger partial charge is 0.347 e. The summed E-state index contributed by atoms with van der Waals surface area (Å²) in [6.45, 7) is 2.19. The molecule has 1 N–H and O–H groups in total. The Morgan fingerprint density at radius 1 is 1.50 bits per heavy atom. The zero-order valence-electron chi connectivity index (χ0n) is 11.0. The number of carbonyl (C=O) groups is 1. The SMILES string of the molecule is CN1CCN(C(=O)c2ccc(Cl)s2)C[C@@H]1c1ncc[nH]1. The van der Waals surface area contributed by atoms with Gasteiger partial charge in [-0.1, -0.05) is 11.6 Å². The van der Waals surface area contributed by atoms with E-state index in [9.17, 15) is 4.79 Å². The molecule has 20 heavy (non-hydrogen) atoms. The van der Waals surface area contributed by atoms with Crippen LogP contribution in [0, 0.1) is 0 Å². The first-order chi connectivity index (χ1) is 9.65. The summed E-state index contributed by atoms with van der Waals surface area (Å²) in [4.78, 5) is 24.7. The quantitative estimate of drug-likeness (QED) is 0.925. The van der Waals surface area contributed by atoms with Gasteiger partial charge in [0, 0.05) is 32.0 Å². The molecule has 0 saturated carbocycles. The first kappa shape index (κ1) is 13.6. The number of aromatic amines is 1. The normalized spacial score (nSPS) is 20.3. The third-order valence-electron chi connectivity index (χ3n) is 3.55. The number of imidazole rings is 1. The summed E-state index contributed by atoms with van der Waals surface area (Å²) >= 11 is 7.23. The third-order valence-corrected chi connectivity index (χ3v) is 4.77. The van der Waals surface area contributed by atoms with Gasteiger partial charge >= 0.3 is 0 Å². The maximum Gasteiger partial charge on any atom is 0.264 e. The number of hydrogen-bond acceptors (Lipinski definition) is 4. The summed E-state index contributed by atoms with van der Waals surface area (Å²) in [5.41, 5.74) is 0. The lowest BCUT2D eigenvalue weighted by molar-refractivity contribution is 0.0539. The Balaban J connectivity index is 1.77. The number of H-pyrrole nitrogens is 1. The molecule has 1 aliphatic rings. The van der Waals surface area contributed by atoms with Crippen molar-refractivity contribution in [2.75, 3.05) is 26.7 Å². The second-order valence-corrected chi connectivity index (χ2v) is 6.54. The summed E-state index contributed by atoms with van der Waals surface area (Å²) in [5.74, 6) is 0.945. The van der Waals surface area contributed by atoms with Gasteiger partial charge in [-0.05, 0) is 19.2 Å². The Morgan fingerprint density at radius 2 is 2.35 bits per heavy atom. The van der Waals surface area contributed by atoms with Crippen LogP contribution in [0.2, 0.25) is 4.34 Å². The van der Waals surface area contributed by atoms with Gasteiger partial charge in [0.25, 0.3) is 5.91 Å². The van der Waals surface area contributed by atoms with Crippen molar-refractivity contribution in [3.8, 4) is 0 Å². The van der Waals surface area contributed by atoms with Gasteiger partial charge in [0.2, 0.25) is 0 Å². The van der Waals surface area contributed by atoms with Crippen LogP contribution >= 0.6 is 22.9 Å². The Hall–Kier alpha value is -1.37. The van der Waals surface area contributed by atoms with E-state index in [1.807, 2.05) is 11.1 Å². The molecule has 1 fully saturated rings. The second-order valence-electron chi connectivity index (χ2n) is 4.83. The molecule has 2 aromatic rings. The van der Waals surface area contributed by atoms with Crippen LogP contribution in [0.5, 0.6) is 0 Å². The van der Waals surface area contributed by atoms with E-state index in [-0.39, 0.29) is 11.9 Å². The number of carbonyl (C=O) groups excluding carboxylic acids is 1. The third kappa shape index (κ3) is 2.59. The molecule has 1 saturated heterocycles.